The van der Waals surface area contributed by atoms with Crippen molar-refractivity contribution in [3.8, 4) is 0 Å². The van der Waals surface area contributed by atoms with Crippen molar-refractivity contribution in [3.63, 3.8) is 0 Å². The fourth-order valence-corrected chi connectivity index (χ4v) is 5.58. The van der Waals surface area contributed by atoms with Crippen molar-refractivity contribution < 1.29 is 22.1 Å². The van der Waals surface area contributed by atoms with E-state index < -0.39 is 22.5 Å². The van der Waals surface area contributed by atoms with Crippen LogP contribution in [0, 0.1) is 0 Å². The lowest BCUT2D eigenvalue weighted by atomic mass is 10.4. The summed E-state index contributed by atoms with van der Waals surface area (Å²) >= 11 is 0. The molecule has 0 aliphatic carbocycles. The lowest BCUT2D eigenvalue weighted by Crippen LogP contribution is -2.30. The number of rotatable bonds is 10. The Kier molecular flexibility index (Phi) is 9.34. The molecule has 0 aliphatic heterocycles. The zero-order chi connectivity index (χ0) is 15.6. The van der Waals surface area contributed by atoms with Crippen LogP contribution in [0.5, 0.6) is 0 Å². The third-order valence-corrected chi connectivity index (χ3v) is 6.70. The Morgan fingerprint density at radius 3 is 1.50 bits per heavy atom. The van der Waals surface area contributed by atoms with E-state index in [1.165, 1.54) is 0 Å². The van der Waals surface area contributed by atoms with E-state index in [9.17, 15) is 18.0 Å². The van der Waals surface area contributed by atoms with Crippen LogP contribution in [-0.2, 0) is 8.98 Å². The number of halogens is 3. The van der Waals surface area contributed by atoms with Crippen LogP contribution in [0.25, 0.3) is 0 Å². The Labute approximate surface area is 122 Å². The van der Waals surface area contributed by atoms with Crippen molar-refractivity contribution in [2.75, 3.05) is 17.3 Å². The molecule has 20 heavy (non-hydrogen) atoms. The zero-order valence-corrected chi connectivity index (χ0v) is 13.5. The molecule has 0 heterocycles. The number of carbonyl (C=O) groups is 1. The van der Waals surface area contributed by atoms with Crippen LogP contribution in [0.1, 0.15) is 59.3 Å². The van der Waals surface area contributed by atoms with E-state index in [-0.39, 0.29) is 0 Å². The first-order valence-electron chi connectivity index (χ1n) is 7.38. The fraction of sp³-hybridized carbons (Fsp3) is 0.929. The maximum absolute atomic E-state index is 12.5. The molecule has 0 rings (SSSR count). The lowest BCUT2D eigenvalue weighted by Gasteiger charge is -2.39. The van der Waals surface area contributed by atoms with Crippen molar-refractivity contribution in [2.24, 2.45) is 0 Å². The van der Waals surface area contributed by atoms with Gasteiger partial charge in [-0.1, -0.05) is 50.3 Å². The molecule has 0 amide bonds. The van der Waals surface area contributed by atoms with E-state index in [0.717, 1.165) is 38.5 Å². The Hall–Kier alpha value is -0.390. The Morgan fingerprint density at radius 1 is 0.900 bits per heavy atom. The van der Waals surface area contributed by atoms with Gasteiger partial charge in [-0.3, -0.25) is 0 Å². The van der Waals surface area contributed by atoms with Crippen LogP contribution >= 0.6 is 10.3 Å². The third-order valence-electron chi connectivity index (χ3n) is 3.09. The summed E-state index contributed by atoms with van der Waals surface area (Å²) in [6.07, 6.45) is 0.252. The highest BCUT2D eigenvalue weighted by atomic mass is 32.3. The molecule has 0 aromatic carbocycles. The van der Waals surface area contributed by atoms with Crippen LogP contribution in [0.2, 0.25) is 0 Å². The normalized spacial score (nSPS) is 13.3. The molecular formula is C14H27F3O2S. The largest absolute Gasteiger partial charge is 0.491 e. The summed E-state index contributed by atoms with van der Waals surface area (Å²) < 4.78 is 42.5. The molecule has 0 atom stereocenters. The molecule has 0 N–H and O–H groups in total. The zero-order valence-electron chi connectivity index (χ0n) is 12.7. The molecule has 0 aliphatic rings. The summed E-state index contributed by atoms with van der Waals surface area (Å²) in [6.45, 7) is 5.99. The molecule has 0 radical (unpaired) electrons. The second kappa shape index (κ2) is 9.53. The predicted octanol–water partition coefficient (Wildman–Crippen LogP) is 5.21. The minimum atomic E-state index is -4.89. The number of hydrogen-bond acceptors (Lipinski definition) is 2. The molecule has 0 aromatic rings. The van der Waals surface area contributed by atoms with Gasteiger partial charge >= 0.3 is 12.1 Å². The van der Waals surface area contributed by atoms with Crippen molar-refractivity contribution >= 4 is 16.3 Å². The molecule has 0 bridgehead atoms. The van der Waals surface area contributed by atoms with Gasteiger partial charge in [0.05, 0.1) is 0 Å². The number of alkyl halides is 3. The van der Waals surface area contributed by atoms with Gasteiger partial charge in [-0.05, 0) is 19.3 Å². The molecule has 2 nitrogen and oxygen atoms in total. The second-order valence-corrected chi connectivity index (χ2v) is 8.33. The summed E-state index contributed by atoms with van der Waals surface area (Å²) in [5.74, 6) is -0.196. The fourth-order valence-electron chi connectivity index (χ4n) is 1.86. The summed E-state index contributed by atoms with van der Waals surface area (Å²) in [5, 5.41) is 0. The molecule has 6 heteroatoms. The number of hydrogen-bond donors (Lipinski definition) is 0. The van der Waals surface area contributed by atoms with Crippen LogP contribution in [0.4, 0.5) is 13.2 Å². The molecule has 0 fully saturated rings. The van der Waals surface area contributed by atoms with Crippen molar-refractivity contribution in [2.45, 2.75) is 65.5 Å². The van der Waals surface area contributed by atoms with Crippen LogP contribution in [0.15, 0.2) is 0 Å². The second-order valence-electron chi connectivity index (χ2n) is 5.01. The standard InChI is InChI=1S/C14H27F3O2S/c1-4-7-10-20(11-8-5-2,12-9-6-3)19-13(18)14(15,16)17/h4-12H2,1-3H3. The van der Waals surface area contributed by atoms with E-state index in [2.05, 4.69) is 0 Å². The first kappa shape index (κ1) is 19.6. The van der Waals surface area contributed by atoms with Gasteiger partial charge in [-0.2, -0.15) is 13.2 Å². The number of unbranched alkanes of at least 4 members (excludes halogenated alkanes) is 3. The lowest BCUT2D eigenvalue weighted by molar-refractivity contribution is -0.188. The van der Waals surface area contributed by atoms with E-state index >= 15 is 0 Å². The molecule has 0 aromatic heterocycles. The maximum atomic E-state index is 12.5. The van der Waals surface area contributed by atoms with E-state index in [1.807, 2.05) is 20.8 Å². The van der Waals surface area contributed by atoms with Gasteiger partial charge in [-0.25, -0.2) is 4.79 Å². The first-order valence-corrected chi connectivity index (χ1v) is 9.44. The molecule has 0 saturated heterocycles. The summed E-state index contributed by atoms with van der Waals surface area (Å²) in [4.78, 5) is 11.2. The smallest absolute Gasteiger partial charge is 0.409 e. The van der Waals surface area contributed by atoms with Gasteiger partial charge in [0.2, 0.25) is 0 Å². The average molecular weight is 316 g/mol. The van der Waals surface area contributed by atoms with Crippen LogP contribution in [-0.4, -0.2) is 29.4 Å². The quantitative estimate of drug-likeness (QED) is 0.553. The predicted molar refractivity (Wildman–Crippen MR) is 79.1 cm³/mol. The van der Waals surface area contributed by atoms with Gasteiger partial charge in [0.1, 0.15) is 0 Å². The Balaban J connectivity index is 4.97. The highest BCUT2D eigenvalue weighted by Crippen LogP contribution is 2.52. The minimum Gasteiger partial charge on any atom is -0.409 e. The van der Waals surface area contributed by atoms with Crippen LogP contribution < -0.4 is 0 Å². The summed E-state index contributed by atoms with van der Waals surface area (Å²) in [5.41, 5.74) is 0. The molecule has 122 valence electrons. The van der Waals surface area contributed by atoms with E-state index in [4.69, 9.17) is 4.18 Å². The summed E-state index contributed by atoms with van der Waals surface area (Å²) in [6, 6.07) is 0. The van der Waals surface area contributed by atoms with Crippen LogP contribution in [0.3, 0.4) is 0 Å². The van der Waals surface area contributed by atoms with Gasteiger partial charge in [0.15, 0.2) is 0 Å². The molecular weight excluding hydrogens is 289 g/mol. The highest BCUT2D eigenvalue weighted by molar-refractivity contribution is 8.30. The first-order chi connectivity index (χ1) is 9.31. The third kappa shape index (κ3) is 7.41. The van der Waals surface area contributed by atoms with E-state index in [0.29, 0.717) is 17.3 Å². The molecule has 0 saturated carbocycles. The summed E-state index contributed by atoms with van der Waals surface area (Å²) in [7, 11) is -1.93. The van der Waals surface area contributed by atoms with E-state index in [1.54, 1.807) is 0 Å². The van der Waals surface area contributed by atoms with Crippen molar-refractivity contribution in [1.29, 1.82) is 0 Å². The SMILES string of the molecule is CCCCS(CCCC)(CCCC)OC(=O)C(F)(F)F. The van der Waals surface area contributed by atoms with Gasteiger partial charge in [0.25, 0.3) is 0 Å². The van der Waals surface area contributed by atoms with Crippen molar-refractivity contribution in [1.82, 2.24) is 0 Å². The Morgan fingerprint density at radius 2 is 1.25 bits per heavy atom. The van der Waals surface area contributed by atoms with Gasteiger partial charge < -0.3 is 4.18 Å². The molecule has 0 unspecified atom stereocenters. The molecule has 0 spiro atoms. The maximum Gasteiger partial charge on any atom is 0.491 e. The van der Waals surface area contributed by atoms with Gasteiger partial charge in [0, 0.05) is 17.3 Å². The minimum absolute atomic E-state index is 0.602. The average Bonchev–Trinajstić information content (AvgIpc) is 2.39. The topological polar surface area (TPSA) is 26.3 Å². The Bertz CT molecular complexity index is 258. The van der Waals surface area contributed by atoms with Gasteiger partial charge in [-0.15, -0.1) is 0 Å². The highest BCUT2D eigenvalue weighted by Gasteiger charge is 2.44. The van der Waals surface area contributed by atoms with Crippen molar-refractivity contribution in [3.05, 3.63) is 0 Å². The number of carbonyl (C=O) groups excluding carboxylic acids is 1. The monoisotopic (exact) mass is 316 g/mol.